The van der Waals surface area contributed by atoms with Gasteiger partial charge in [0.1, 0.15) is 5.75 Å². The van der Waals surface area contributed by atoms with E-state index in [2.05, 4.69) is 31.9 Å². The smallest absolute Gasteiger partial charge is 0.535 e. The van der Waals surface area contributed by atoms with Gasteiger partial charge in [0.15, 0.2) is 12.5 Å². The van der Waals surface area contributed by atoms with Crippen molar-refractivity contribution in [2.24, 2.45) is 0 Å². The summed E-state index contributed by atoms with van der Waals surface area (Å²) in [4.78, 5) is 0. The summed E-state index contributed by atoms with van der Waals surface area (Å²) < 4.78 is 16.4. The largest absolute Gasteiger partial charge is 0.569 e. The van der Waals surface area contributed by atoms with Crippen LogP contribution in [0.15, 0.2) is 21.1 Å². The molecule has 0 aliphatic carbocycles. The zero-order chi connectivity index (χ0) is 11.3. The number of methoxy groups -OCH3 is 1. The third-order valence-corrected chi connectivity index (χ3v) is 2.52. The fourth-order valence-corrected chi connectivity index (χ4v) is 2.24. The van der Waals surface area contributed by atoms with Crippen LogP contribution >= 0.6 is 31.9 Å². The predicted molar refractivity (Wildman–Crippen MR) is 62.9 cm³/mol. The molecular weight excluding hydrogens is 331 g/mol. The van der Waals surface area contributed by atoms with Crippen molar-refractivity contribution in [3.63, 3.8) is 0 Å². The predicted octanol–water partition coefficient (Wildman–Crippen LogP) is 2.10. The SMILES string of the molecule is COCOc1c(Br)cc(Br)cc1O[B]O. The fraction of sp³-hybridized carbons (Fsp3) is 0.250. The molecule has 1 aromatic rings. The summed E-state index contributed by atoms with van der Waals surface area (Å²) in [7, 11) is 2.11. The zero-order valence-electron chi connectivity index (χ0n) is 7.87. The van der Waals surface area contributed by atoms with Crippen molar-refractivity contribution in [3.8, 4) is 11.5 Å². The summed E-state index contributed by atoms with van der Waals surface area (Å²) in [6.45, 7) is 0.0992. The highest BCUT2D eigenvalue weighted by Crippen LogP contribution is 2.38. The van der Waals surface area contributed by atoms with Gasteiger partial charge in [-0.15, -0.1) is 0 Å². The van der Waals surface area contributed by atoms with Gasteiger partial charge in [0, 0.05) is 11.6 Å². The van der Waals surface area contributed by atoms with E-state index in [0.29, 0.717) is 23.7 Å². The van der Waals surface area contributed by atoms with Crippen molar-refractivity contribution < 1.29 is 19.2 Å². The Morgan fingerprint density at radius 2 is 2.13 bits per heavy atom. The van der Waals surface area contributed by atoms with E-state index >= 15 is 0 Å². The number of hydrogen-bond donors (Lipinski definition) is 1. The monoisotopic (exact) mass is 337 g/mol. The number of halogens is 2. The maximum Gasteiger partial charge on any atom is 0.569 e. The normalized spacial score (nSPS) is 9.87. The molecule has 0 fully saturated rings. The zero-order valence-corrected chi connectivity index (χ0v) is 11.0. The molecular formula is C8H8BBr2O4. The summed E-state index contributed by atoms with van der Waals surface area (Å²) in [6, 6.07) is 3.47. The standard InChI is InChI=1S/C8H8BBr2O4/c1-13-4-14-8-6(11)2-5(10)3-7(8)15-9-12/h2-3,12H,4H2,1H3. The second-order valence-electron chi connectivity index (χ2n) is 2.49. The van der Waals surface area contributed by atoms with Crippen molar-refractivity contribution in [1.29, 1.82) is 0 Å². The number of hydrogen-bond acceptors (Lipinski definition) is 4. The van der Waals surface area contributed by atoms with Crippen LogP contribution in [-0.2, 0) is 4.74 Å². The van der Waals surface area contributed by atoms with E-state index in [9.17, 15) is 0 Å². The number of rotatable bonds is 5. The first-order valence-corrected chi connectivity index (χ1v) is 5.51. The highest BCUT2D eigenvalue weighted by atomic mass is 79.9. The Bertz CT molecular complexity index is 335. The van der Waals surface area contributed by atoms with Gasteiger partial charge in [-0.25, -0.2) is 0 Å². The van der Waals surface area contributed by atoms with Gasteiger partial charge in [0.05, 0.1) is 4.47 Å². The Morgan fingerprint density at radius 3 is 2.73 bits per heavy atom. The molecule has 4 nitrogen and oxygen atoms in total. The fourth-order valence-electron chi connectivity index (χ4n) is 0.939. The van der Waals surface area contributed by atoms with Gasteiger partial charge in [-0.3, -0.25) is 0 Å². The van der Waals surface area contributed by atoms with E-state index in [1.54, 1.807) is 12.1 Å². The van der Waals surface area contributed by atoms with E-state index in [0.717, 1.165) is 4.47 Å². The second kappa shape index (κ2) is 6.37. The van der Waals surface area contributed by atoms with Crippen LogP contribution in [-0.4, -0.2) is 26.6 Å². The molecule has 0 atom stereocenters. The van der Waals surface area contributed by atoms with E-state index in [4.69, 9.17) is 19.2 Å². The average Bonchev–Trinajstić information content (AvgIpc) is 2.17. The lowest BCUT2D eigenvalue weighted by Gasteiger charge is -2.12. The Morgan fingerprint density at radius 1 is 1.40 bits per heavy atom. The molecule has 1 radical (unpaired) electrons. The first-order chi connectivity index (χ1) is 7.19. The quantitative estimate of drug-likeness (QED) is 0.660. The minimum Gasteiger partial charge on any atom is -0.535 e. The highest BCUT2D eigenvalue weighted by molar-refractivity contribution is 9.11. The summed E-state index contributed by atoms with van der Waals surface area (Å²) in [6.07, 6.45) is 0. The summed E-state index contributed by atoms with van der Waals surface area (Å²) in [5.74, 6) is 0.848. The summed E-state index contributed by atoms with van der Waals surface area (Å²) in [5.41, 5.74) is 0. The first kappa shape index (κ1) is 12.8. The number of ether oxygens (including phenoxy) is 2. The van der Waals surface area contributed by atoms with Crippen LogP contribution in [0.5, 0.6) is 11.5 Å². The van der Waals surface area contributed by atoms with Gasteiger partial charge in [-0.1, -0.05) is 15.9 Å². The van der Waals surface area contributed by atoms with Gasteiger partial charge in [-0.2, -0.15) is 0 Å². The van der Waals surface area contributed by atoms with Crippen molar-refractivity contribution in [3.05, 3.63) is 21.1 Å². The topological polar surface area (TPSA) is 47.9 Å². The van der Waals surface area contributed by atoms with Crippen LogP contribution in [0.1, 0.15) is 0 Å². The molecule has 0 saturated carbocycles. The first-order valence-electron chi connectivity index (χ1n) is 3.92. The van der Waals surface area contributed by atoms with Crippen molar-refractivity contribution in [2.75, 3.05) is 13.9 Å². The second-order valence-corrected chi connectivity index (χ2v) is 4.26. The van der Waals surface area contributed by atoms with Crippen LogP contribution < -0.4 is 9.39 Å². The van der Waals surface area contributed by atoms with E-state index in [1.807, 2.05) is 0 Å². The van der Waals surface area contributed by atoms with Crippen molar-refractivity contribution in [2.45, 2.75) is 0 Å². The molecule has 0 heterocycles. The lowest BCUT2D eigenvalue weighted by molar-refractivity contribution is 0.0492. The molecule has 0 spiro atoms. The number of benzene rings is 1. The maximum absolute atomic E-state index is 8.59. The van der Waals surface area contributed by atoms with Crippen LogP contribution in [0.4, 0.5) is 0 Å². The molecule has 0 amide bonds. The molecule has 15 heavy (non-hydrogen) atoms. The van der Waals surface area contributed by atoms with E-state index in [-0.39, 0.29) is 6.79 Å². The van der Waals surface area contributed by atoms with Gasteiger partial charge in [0.2, 0.25) is 0 Å². The molecule has 1 N–H and O–H groups in total. The molecule has 0 aliphatic rings. The van der Waals surface area contributed by atoms with Crippen molar-refractivity contribution in [1.82, 2.24) is 0 Å². The molecule has 0 aromatic heterocycles. The Kier molecular flexibility index (Phi) is 5.45. The van der Waals surface area contributed by atoms with Crippen molar-refractivity contribution >= 4 is 39.5 Å². The molecule has 1 rings (SSSR count). The molecule has 7 heteroatoms. The van der Waals surface area contributed by atoms with Crippen LogP contribution in [0.2, 0.25) is 0 Å². The maximum atomic E-state index is 8.59. The lowest BCUT2D eigenvalue weighted by Crippen LogP contribution is -2.05. The van der Waals surface area contributed by atoms with Gasteiger partial charge < -0.3 is 19.2 Å². The van der Waals surface area contributed by atoms with Gasteiger partial charge in [0.25, 0.3) is 0 Å². The Balaban J connectivity index is 2.97. The molecule has 0 saturated heterocycles. The molecule has 81 valence electrons. The third kappa shape index (κ3) is 3.68. The molecule has 0 aliphatic heterocycles. The minimum absolute atomic E-state index is 0.0992. The van der Waals surface area contributed by atoms with E-state index < -0.39 is 0 Å². The Labute approximate surface area is 105 Å². The van der Waals surface area contributed by atoms with Gasteiger partial charge >= 0.3 is 7.69 Å². The van der Waals surface area contributed by atoms with Crippen LogP contribution in [0.25, 0.3) is 0 Å². The van der Waals surface area contributed by atoms with Crippen LogP contribution in [0, 0.1) is 0 Å². The Hall–Kier alpha value is -0.235. The van der Waals surface area contributed by atoms with Crippen LogP contribution in [0.3, 0.4) is 0 Å². The molecule has 0 unspecified atom stereocenters. The third-order valence-electron chi connectivity index (χ3n) is 1.48. The minimum atomic E-state index is 0.0992. The summed E-state index contributed by atoms with van der Waals surface area (Å²) >= 11 is 6.61. The summed E-state index contributed by atoms with van der Waals surface area (Å²) in [5, 5.41) is 8.59. The van der Waals surface area contributed by atoms with E-state index in [1.165, 1.54) is 7.11 Å². The lowest BCUT2D eigenvalue weighted by atomic mass is 10.3. The van der Waals surface area contributed by atoms with Gasteiger partial charge in [-0.05, 0) is 28.1 Å². The molecule has 1 aromatic carbocycles. The average molecular weight is 339 g/mol. The highest BCUT2D eigenvalue weighted by Gasteiger charge is 2.11. The molecule has 0 bridgehead atoms.